The van der Waals surface area contributed by atoms with Gasteiger partial charge in [-0.15, -0.1) is 12.4 Å². The molecule has 0 radical (unpaired) electrons. The van der Waals surface area contributed by atoms with E-state index in [9.17, 15) is 13.6 Å². The van der Waals surface area contributed by atoms with Crippen LogP contribution in [0.5, 0.6) is 0 Å². The number of halogens is 3. The Labute approximate surface area is 112 Å². The predicted octanol–water partition coefficient (Wildman–Crippen LogP) is 1.94. The number of rotatable bonds is 3. The molecule has 2 bridgehead atoms. The van der Waals surface area contributed by atoms with Gasteiger partial charge in [-0.2, -0.15) is 0 Å². The molecule has 106 valence electrons. The summed E-state index contributed by atoms with van der Waals surface area (Å²) in [5.41, 5.74) is 6.12. The van der Waals surface area contributed by atoms with Gasteiger partial charge in [0.25, 0.3) is 6.43 Å². The molecule has 2 aliphatic carbocycles. The van der Waals surface area contributed by atoms with Crippen molar-refractivity contribution in [3.8, 4) is 0 Å². The molecular formula is C12H21ClF2N2O. The number of carbonyl (C=O) groups is 1. The van der Waals surface area contributed by atoms with Crippen LogP contribution < -0.4 is 11.1 Å². The number of hydrogen-bond donors (Lipinski definition) is 2. The minimum atomic E-state index is -2.47. The van der Waals surface area contributed by atoms with Crippen molar-refractivity contribution in [1.82, 2.24) is 5.32 Å². The van der Waals surface area contributed by atoms with E-state index in [0.29, 0.717) is 11.8 Å². The topological polar surface area (TPSA) is 55.1 Å². The van der Waals surface area contributed by atoms with Gasteiger partial charge in [-0.25, -0.2) is 8.78 Å². The Hall–Kier alpha value is -0.420. The van der Waals surface area contributed by atoms with Crippen LogP contribution in [0.25, 0.3) is 0 Å². The zero-order valence-electron chi connectivity index (χ0n) is 10.3. The van der Waals surface area contributed by atoms with E-state index in [1.807, 2.05) is 0 Å². The lowest BCUT2D eigenvalue weighted by atomic mass is 9.65. The summed E-state index contributed by atoms with van der Waals surface area (Å²) in [6.45, 7) is -0.531. The standard InChI is InChI=1S/C12H20F2N2O.ClH/c13-10(14)6-16-12(17)9-4-7-2-1-3-8(5-9)11(7)15;/h7-11H,1-6,15H2,(H,16,17);1H. The molecule has 3 N–H and O–H groups in total. The average molecular weight is 283 g/mol. The summed E-state index contributed by atoms with van der Waals surface area (Å²) in [5, 5.41) is 2.33. The van der Waals surface area contributed by atoms with E-state index in [1.54, 1.807) is 0 Å². The Morgan fingerprint density at radius 1 is 1.28 bits per heavy atom. The highest BCUT2D eigenvalue weighted by Crippen LogP contribution is 2.41. The smallest absolute Gasteiger partial charge is 0.255 e. The first-order chi connectivity index (χ1) is 8.08. The summed E-state index contributed by atoms with van der Waals surface area (Å²) in [4.78, 5) is 11.8. The molecular weight excluding hydrogens is 262 g/mol. The van der Waals surface area contributed by atoms with E-state index in [4.69, 9.17) is 5.73 Å². The number of nitrogens with two attached hydrogens (primary N) is 1. The van der Waals surface area contributed by atoms with Gasteiger partial charge in [0.2, 0.25) is 5.91 Å². The van der Waals surface area contributed by atoms with E-state index in [-0.39, 0.29) is 30.3 Å². The van der Waals surface area contributed by atoms with Crippen LogP contribution in [0.4, 0.5) is 8.78 Å². The highest BCUT2D eigenvalue weighted by molar-refractivity contribution is 5.85. The zero-order chi connectivity index (χ0) is 12.4. The monoisotopic (exact) mass is 282 g/mol. The first-order valence-corrected chi connectivity index (χ1v) is 6.39. The lowest BCUT2D eigenvalue weighted by Crippen LogP contribution is -2.49. The fraction of sp³-hybridized carbons (Fsp3) is 0.917. The van der Waals surface area contributed by atoms with Gasteiger partial charge in [0.05, 0.1) is 6.54 Å². The third-order valence-electron chi connectivity index (χ3n) is 4.21. The molecule has 2 unspecified atom stereocenters. The molecule has 0 aromatic heterocycles. The van der Waals surface area contributed by atoms with Crippen molar-refractivity contribution >= 4 is 18.3 Å². The lowest BCUT2D eigenvalue weighted by Gasteiger charge is -2.43. The number of hydrogen-bond acceptors (Lipinski definition) is 2. The third-order valence-corrected chi connectivity index (χ3v) is 4.21. The highest BCUT2D eigenvalue weighted by Gasteiger charge is 2.40. The summed E-state index contributed by atoms with van der Waals surface area (Å²) in [6.07, 6.45) is 2.42. The van der Waals surface area contributed by atoms with Crippen molar-refractivity contribution in [2.75, 3.05) is 6.54 Å². The summed E-state index contributed by atoms with van der Waals surface area (Å²) in [7, 11) is 0. The van der Waals surface area contributed by atoms with Crippen LogP contribution in [0.3, 0.4) is 0 Å². The van der Waals surface area contributed by atoms with Gasteiger partial charge in [-0.05, 0) is 37.5 Å². The average Bonchev–Trinajstić information content (AvgIpc) is 2.25. The summed E-state index contributed by atoms with van der Waals surface area (Å²) >= 11 is 0. The van der Waals surface area contributed by atoms with Crippen molar-refractivity contribution in [2.24, 2.45) is 23.5 Å². The van der Waals surface area contributed by atoms with Gasteiger partial charge in [0.1, 0.15) is 0 Å². The normalized spacial score (nSPS) is 34.9. The van der Waals surface area contributed by atoms with Crippen LogP contribution in [-0.4, -0.2) is 24.9 Å². The molecule has 2 saturated carbocycles. The Morgan fingerprint density at radius 3 is 2.33 bits per heavy atom. The molecule has 0 heterocycles. The van der Waals surface area contributed by atoms with Crippen LogP contribution in [0.2, 0.25) is 0 Å². The fourth-order valence-corrected chi connectivity index (χ4v) is 3.33. The molecule has 18 heavy (non-hydrogen) atoms. The SMILES string of the molecule is Cl.NC1C2CCCC1CC(C(=O)NCC(F)F)C2. The first kappa shape index (κ1) is 15.6. The largest absolute Gasteiger partial charge is 0.350 e. The van der Waals surface area contributed by atoms with Crippen molar-refractivity contribution in [3.63, 3.8) is 0 Å². The Bertz CT molecular complexity index is 277. The van der Waals surface area contributed by atoms with E-state index in [1.165, 1.54) is 6.42 Å². The van der Waals surface area contributed by atoms with Crippen molar-refractivity contribution in [3.05, 3.63) is 0 Å². The Balaban J connectivity index is 0.00000162. The Morgan fingerprint density at radius 2 is 1.83 bits per heavy atom. The molecule has 1 amide bonds. The number of alkyl halides is 2. The molecule has 2 atom stereocenters. The second-order valence-electron chi connectivity index (χ2n) is 5.33. The molecule has 0 aromatic carbocycles. The molecule has 0 saturated heterocycles. The van der Waals surface area contributed by atoms with E-state index in [2.05, 4.69) is 5.32 Å². The lowest BCUT2D eigenvalue weighted by molar-refractivity contribution is -0.128. The highest BCUT2D eigenvalue weighted by atomic mass is 35.5. The molecule has 3 nitrogen and oxygen atoms in total. The second kappa shape index (κ2) is 6.66. The minimum absolute atomic E-state index is 0. The Kier molecular flexibility index (Phi) is 5.79. The molecule has 2 fully saturated rings. The maximum absolute atomic E-state index is 12.0. The summed E-state index contributed by atoms with van der Waals surface area (Å²) in [6, 6.07) is 0.211. The van der Waals surface area contributed by atoms with Gasteiger partial charge >= 0.3 is 0 Å². The quantitative estimate of drug-likeness (QED) is 0.831. The molecule has 0 aliphatic heterocycles. The number of amides is 1. The second-order valence-corrected chi connectivity index (χ2v) is 5.33. The van der Waals surface area contributed by atoms with Crippen LogP contribution in [0, 0.1) is 17.8 Å². The van der Waals surface area contributed by atoms with Crippen LogP contribution in [0.15, 0.2) is 0 Å². The molecule has 0 aromatic rings. The molecule has 6 heteroatoms. The predicted molar refractivity (Wildman–Crippen MR) is 67.8 cm³/mol. The summed E-state index contributed by atoms with van der Waals surface area (Å²) in [5.74, 6) is 0.493. The molecule has 2 rings (SSSR count). The maximum Gasteiger partial charge on any atom is 0.255 e. The van der Waals surface area contributed by atoms with E-state index < -0.39 is 13.0 Å². The van der Waals surface area contributed by atoms with Gasteiger partial charge in [-0.3, -0.25) is 4.79 Å². The van der Waals surface area contributed by atoms with Crippen LogP contribution >= 0.6 is 12.4 Å². The van der Waals surface area contributed by atoms with Gasteiger partial charge in [0, 0.05) is 12.0 Å². The molecule has 0 spiro atoms. The maximum atomic E-state index is 12.0. The van der Waals surface area contributed by atoms with Gasteiger partial charge < -0.3 is 11.1 Å². The van der Waals surface area contributed by atoms with Crippen molar-refractivity contribution in [1.29, 1.82) is 0 Å². The summed E-state index contributed by atoms with van der Waals surface area (Å²) < 4.78 is 24.0. The van der Waals surface area contributed by atoms with Gasteiger partial charge in [0.15, 0.2) is 0 Å². The van der Waals surface area contributed by atoms with Crippen molar-refractivity contribution in [2.45, 2.75) is 44.6 Å². The first-order valence-electron chi connectivity index (χ1n) is 6.39. The fourth-order valence-electron chi connectivity index (χ4n) is 3.33. The molecule has 2 aliphatic rings. The van der Waals surface area contributed by atoms with E-state index >= 15 is 0 Å². The van der Waals surface area contributed by atoms with Gasteiger partial charge in [-0.1, -0.05) is 6.42 Å². The van der Waals surface area contributed by atoms with Crippen LogP contribution in [0.1, 0.15) is 32.1 Å². The van der Waals surface area contributed by atoms with Crippen molar-refractivity contribution < 1.29 is 13.6 Å². The number of carbonyl (C=O) groups excluding carboxylic acids is 1. The minimum Gasteiger partial charge on any atom is -0.350 e. The van der Waals surface area contributed by atoms with E-state index in [0.717, 1.165) is 25.7 Å². The number of fused-ring (bicyclic) bond motifs is 2. The zero-order valence-corrected chi connectivity index (χ0v) is 11.1. The van der Waals surface area contributed by atoms with Crippen LogP contribution in [-0.2, 0) is 4.79 Å². The third kappa shape index (κ3) is 3.54. The number of nitrogens with one attached hydrogen (secondary N) is 1.